The lowest BCUT2D eigenvalue weighted by atomic mass is 10.1. The van der Waals surface area contributed by atoms with Crippen molar-refractivity contribution < 1.29 is 4.79 Å². The number of hydrogen-bond donors (Lipinski definition) is 1. The summed E-state index contributed by atoms with van der Waals surface area (Å²) in [7, 11) is 1.81. The summed E-state index contributed by atoms with van der Waals surface area (Å²) in [6.07, 6.45) is 5.33. The minimum absolute atomic E-state index is 0.175. The Kier molecular flexibility index (Phi) is 3.09. The number of nitrogens with zero attached hydrogens (tertiary/aromatic N) is 2. The third kappa shape index (κ3) is 2.25. The van der Waals surface area contributed by atoms with E-state index in [2.05, 4.69) is 16.3 Å². The number of rotatable bonds is 2. The maximum Gasteiger partial charge on any atom is 0.256 e. The molecule has 0 aliphatic carbocycles. The highest BCUT2D eigenvalue weighted by Crippen LogP contribution is 2.13. The number of carbonyl (C=O) groups excluding carboxylic acids is 1. The Bertz CT molecular complexity index is 463. The predicted molar refractivity (Wildman–Crippen MR) is 63.1 cm³/mol. The van der Waals surface area contributed by atoms with Gasteiger partial charge in [0.1, 0.15) is 0 Å². The van der Waals surface area contributed by atoms with Crippen LogP contribution in [0.3, 0.4) is 0 Å². The Morgan fingerprint density at radius 2 is 2.06 bits per heavy atom. The summed E-state index contributed by atoms with van der Waals surface area (Å²) in [5.74, 6) is 2.35. The quantitative estimate of drug-likeness (QED) is 0.759. The molecule has 0 aromatic carbocycles. The summed E-state index contributed by atoms with van der Waals surface area (Å²) < 4.78 is 1.69. The van der Waals surface area contributed by atoms with E-state index in [-0.39, 0.29) is 5.91 Å². The lowest BCUT2D eigenvalue weighted by molar-refractivity contribution is 0.0928. The molecule has 1 aromatic rings. The van der Waals surface area contributed by atoms with Gasteiger partial charge in [0.05, 0.1) is 16.8 Å². The molecular formula is C12H17N3O. The number of aryl methyl sites for hydroxylation is 2. The second-order valence-corrected chi connectivity index (χ2v) is 4.39. The second-order valence-electron chi connectivity index (χ2n) is 4.39. The fraction of sp³-hybridized carbons (Fsp3) is 0.500. The first-order valence-electron chi connectivity index (χ1n) is 5.09. The van der Waals surface area contributed by atoms with Crippen LogP contribution in [-0.2, 0) is 7.05 Å². The Labute approximate surface area is 96.0 Å². The molecule has 0 fully saturated rings. The van der Waals surface area contributed by atoms with Crippen LogP contribution in [0.4, 0.5) is 0 Å². The highest BCUT2D eigenvalue weighted by Gasteiger charge is 2.22. The molecule has 0 aliphatic heterocycles. The predicted octanol–water partition coefficient (Wildman–Crippen LogP) is 1.18. The van der Waals surface area contributed by atoms with Crippen molar-refractivity contribution in [3.63, 3.8) is 0 Å². The Balaban J connectivity index is 3.03. The molecule has 0 radical (unpaired) electrons. The molecular weight excluding hydrogens is 202 g/mol. The van der Waals surface area contributed by atoms with Crippen LogP contribution in [-0.4, -0.2) is 21.2 Å². The molecule has 0 saturated heterocycles. The van der Waals surface area contributed by atoms with Crippen molar-refractivity contribution in [1.29, 1.82) is 0 Å². The maximum absolute atomic E-state index is 12.0. The molecule has 1 N–H and O–H groups in total. The van der Waals surface area contributed by atoms with Gasteiger partial charge < -0.3 is 5.32 Å². The summed E-state index contributed by atoms with van der Waals surface area (Å²) in [5.41, 5.74) is 1.50. The standard InChI is InChI=1S/C12H17N3O/c1-7-12(4,5)13-11(16)10-8(2)14-15(6)9(10)3/h1H,2-6H3,(H,13,16). The summed E-state index contributed by atoms with van der Waals surface area (Å²) >= 11 is 0. The van der Waals surface area contributed by atoms with Crippen LogP contribution >= 0.6 is 0 Å². The SMILES string of the molecule is C#CC(C)(C)NC(=O)c1c(C)nn(C)c1C. The largest absolute Gasteiger partial charge is 0.336 e. The second kappa shape index (κ2) is 4.01. The normalized spacial score (nSPS) is 11.0. The average Bonchev–Trinajstić information content (AvgIpc) is 2.40. The van der Waals surface area contributed by atoms with Crippen molar-refractivity contribution in [2.75, 3.05) is 0 Å². The van der Waals surface area contributed by atoms with Gasteiger partial charge >= 0.3 is 0 Å². The van der Waals surface area contributed by atoms with E-state index in [0.29, 0.717) is 11.3 Å². The summed E-state index contributed by atoms with van der Waals surface area (Å²) in [4.78, 5) is 12.0. The van der Waals surface area contributed by atoms with E-state index in [1.165, 1.54) is 0 Å². The molecule has 0 atom stereocenters. The maximum atomic E-state index is 12.0. The lowest BCUT2D eigenvalue weighted by Gasteiger charge is -2.19. The van der Waals surface area contributed by atoms with E-state index in [1.54, 1.807) is 18.5 Å². The van der Waals surface area contributed by atoms with E-state index >= 15 is 0 Å². The number of carbonyl (C=O) groups is 1. The van der Waals surface area contributed by atoms with Crippen molar-refractivity contribution >= 4 is 5.91 Å². The van der Waals surface area contributed by atoms with E-state index in [1.807, 2.05) is 20.9 Å². The minimum Gasteiger partial charge on any atom is -0.336 e. The molecule has 1 heterocycles. The van der Waals surface area contributed by atoms with Crippen LogP contribution in [0.15, 0.2) is 0 Å². The third-order valence-corrected chi connectivity index (χ3v) is 2.52. The zero-order valence-electron chi connectivity index (χ0n) is 10.4. The minimum atomic E-state index is -0.647. The molecule has 0 spiro atoms. The molecule has 4 nitrogen and oxygen atoms in total. The fourth-order valence-corrected chi connectivity index (χ4v) is 1.48. The van der Waals surface area contributed by atoms with Gasteiger partial charge in [-0.15, -0.1) is 6.42 Å². The van der Waals surface area contributed by atoms with Crippen molar-refractivity contribution in [3.8, 4) is 12.3 Å². The first-order valence-corrected chi connectivity index (χ1v) is 5.09. The first kappa shape index (κ1) is 12.3. The van der Waals surface area contributed by atoms with Gasteiger partial charge in [-0.3, -0.25) is 9.48 Å². The zero-order chi connectivity index (χ0) is 12.5. The topological polar surface area (TPSA) is 46.9 Å². The Morgan fingerprint density at radius 1 is 1.50 bits per heavy atom. The summed E-state index contributed by atoms with van der Waals surface area (Å²) in [6, 6.07) is 0. The molecule has 0 saturated carbocycles. The van der Waals surface area contributed by atoms with Crippen molar-refractivity contribution in [2.24, 2.45) is 7.05 Å². The lowest BCUT2D eigenvalue weighted by Crippen LogP contribution is -2.42. The number of hydrogen-bond acceptors (Lipinski definition) is 2. The van der Waals surface area contributed by atoms with Gasteiger partial charge in [0.25, 0.3) is 5.91 Å². The molecule has 0 aliphatic rings. The van der Waals surface area contributed by atoms with Gasteiger partial charge in [-0.25, -0.2) is 0 Å². The number of nitrogens with one attached hydrogen (secondary N) is 1. The third-order valence-electron chi connectivity index (χ3n) is 2.52. The van der Waals surface area contributed by atoms with Crippen molar-refractivity contribution in [2.45, 2.75) is 33.2 Å². The smallest absolute Gasteiger partial charge is 0.256 e. The molecule has 1 amide bonds. The van der Waals surface area contributed by atoms with E-state index in [4.69, 9.17) is 6.42 Å². The molecule has 16 heavy (non-hydrogen) atoms. The van der Waals surface area contributed by atoms with Gasteiger partial charge in [-0.1, -0.05) is 5.92 Å². The Hall–Kier alpha value is -1.76. The zero-order valence-corrected chi connectivity index (χ0v) is 10.4. The van der Waals surface area contributed by atoms with Gasteiger partial charge in [0.2, 0.25) is 0 Å². The van der Waals surface area contributed by atoms with Crippen LogP contribution < -0.4 is 5.32 Å². The van der Waals surface area contributed by atoms with Crippen LogP contribution in [0.25, 0.3) is 0 Å². The van der Waals surface area contributed by atoms with Crippen LogP contribution in [0.1, 0.15) is 35.6 Å². The highest BCUT2D eigenvalue weighted by atomic mass is 16.1. The van der Waals surface area contributed by atoms with Gasteiger partial charge in [-0.05, 0) is 27.7 Å². The van der Waals surface area contributed by atoms with E-state index in [0.717, 1.165) is 5.69 Å². The highest BCUT2D eigenvalue weighted by molar-refractivity contribution is 5.97. The molecule has 1 rings (SSSR count). The van der Waals surface area contributed by atoms with Crippen molar-refractivity contribution in [3.05, 3.63) is 17.0 Å². The molecule has 86 valence electrons. The average molecular weight is 219 g/mol. The molecule has 0 unspecified atom stereocenters. The van der Waals surface area contributed by atoms with E-state index in [9.17, 15) is 4.79 Å². The van der Waals surface area contributed by atoms with Crippen LogP contribution in [0.2, 0.25) is 0 Å². The van der Waals surface area contributed by atoms with Crippen LogP contribution in [0.5, 0.6) is 0 Å². The molecule has 1 aromatic heterocycles. The van der Waals surface area contributed by atoms with Crippen LogP contribution in [0, 0.1) is 26.2 Å². The summed E-state index contributed by atoms with van der Waals surface area (Å²) in [5, 5.41) is 6.98. The van der Waals surface area contributed by atoms with E-state index < -0.39 is 5.54 Å². The number of amides is 1. The van der Waals surface area contributed by atoms with Gasteiger partial charge in [-0.2, -0.15) is 5.10 Å². The monoisotopic (exact) mass is 219 g/mol. The molecule has 4 heteroatoms. The first-order chi connectivity index (χ1) is 7.28. The number of aromatic nitrogens is 2. The fourth-order valence-electron chi connectivity index (χ4n) is 1.48. The Morgan fingerprint density at radius 3 is 2.44 bits per heavy atom. The summed E-state index contributed by atoms with van der Waals surface area (Å²) in [6.45, 7) is 7.24. The van der Waals surface area contributed by atoms with Gasteiger partial charge in [0, 0.05) is 12.7 Å². The molecule has 0 bridgehead atoms. The van der Waals surface area contributed by atoms with Gasteiger partial charge in [0.15, 0.2) is 0 Å². The number of terminal acetylenes is 1. The van der Waals surface area contributed by atoms with Crippen molar-refractivity contribution in [1.82, 2.24) is 15.1 Å².